The van der Waals surface area contributed by atoms with Gasteiger partial charge in [-0.05, 0) is 61.9 Å². The molecule has 0 radical (unpaired) electrons. The molecule has 3 rings (SSSR count). The smallest absolute Gasteiger partial charge is 0.253 e. The van der Waals surface area contributed by atoms with Gasteiger partial charge in [-0.15, -0.1) is 0 Å². The number of likely N-dealkylation sites (N-methyl/N-ethyl adjacent to an activating group) is 1. The summed E-state index contributed by atoms with van der Waals surface area (Å²) >= 11 is 0. The van der Waals surface area contributed by atoms with Gasteiger partial charge in [-0.2, -0.15) is 0 Å². The van der Waals surface area contributed by atoms with Crippen LogP contribution in [-0.2, 0) is 0 Å². The third-order valence-corrected chi connectivity index (χ3v) is 5.17. The van der Waals surface area contributed by atoms with Gasteiger partial charge in [0.05, 0.1) is 13.2 Å². The van der Waals surface area contributed by atoms with E-state index in [9.17, 15) is 4.79 Å². The second kappa shape index (κ2) is 7.28. The normalized spacial score (nSPS) is 18.2. The number of hydrogen-bond acceptors (Lipinski definition) is 3. The van der Waals surface area contributed by atoms with E-state index in [1.807, 2.05) is 35.2 Å². The summed E-state index contributed by atoms with van der Waals surface area (Å²) in [5.41, 5.74) is 4.32. The number of hydrogen-bond donors (Lipinski definition) is 0. The maximum absolute atomic E-state index is 13.0. The van der Waals surface area contributed by atoms with Crippen molar-refractivity contribution in [2.75, 3.05) is 33.8 Å². The molecule has 132 valence electrons. The lowest BCUT2D eigenvalue weighted by molar-refractivity contribution is 0.0546. The Morgan fingerprint density at radius 1 is 1.08 bits per heavy atom. The highest BCUT2D eigenvalue weighted by atomic mass is 16.5. The molecule has 1 aliphatic heterocycles. The van der Waals surface area contributed by atoms with Crippen molar-refractivity contribution >= 4 is 5.91 Å². The zero-order chi connectivity index (χ0) is 18.0. The Hall–Kier alpha value is -2.33. The first-order valence-electron chi connectivity index (χ1n) is 8.70. The molecule has 0 aromatic heterocycles. The zero-order valence-corrected chi connectivity index (χ0v) is 15.5. The second-order valence-corrected chi connectivity index (χ2v) is 6.82. The summed E-state index contributed by atoms with van der Waals surface area (Å²) in [6.45, 7) is 6.42. The van der Waals surface area contributed by atoms with E-state index < -0.39 is 0 Å². The number of carbonyl (C=O) groups excluding carboxylic acids is 1. The fourth-order valence-corrected chi connectivity index (χ4v) is 3.32. The van der Waals surface area contributed by atoms with Crippen molar-refractivity contribution in [3.05, 3.63) is 64.7 Å². The summed E-state index contributed by atoms with van der Waals surface area (Å²) in [5, 5.41) is 0. The lowest BCUT2D eigenvalue weighted by Gasteiger charge is -2.40. The van der Waals surface area contributed by atoms with Crippen LogP contribution >= 0.6 is 0 Å². The van der Waals surface area contributed by atoms with Crippen LogP contribution in [0.25, 0.3) is 0 Å². The van der Waals surface area contributed by atoms with E-state index in [1.165, 1.54) is 11.1 Å². The van der Waals surface area contributed by atoms with Crippen LogP contribution in [0, 0.1) is 13.8 Å². The predicted molar refractivity (Wildman–Crippen MR) is 100 cm³/mol. The highest BCUT2D eigenvalue weighted by Crippen LogP contribution is 2.27. The molecular formula is C21H26N2O2. The first kappa shape index (κ1) is 17.5. The fraction of sp³-hybridized carbons (Fsp3) is 0.381. The Balaban J connectivity index is 1.81. The van der Waals surface area contributed by atoms with Gasteiger partial charge in [-0.1, -0.05) is 18.2 Å². The van der Waals surface area contributed by atoms with Crippen molar-refractivity contribution in [3.63, 3.8) is 0 Å². The Morgan fingerprint density at radius 3 is 2.60 bits per heavy atom. The molecule has 1 saturated heterocycles. The number of benzene rings is 2. The van der Waals surface area contributed by atoms with Crippen LogP contribution in [0.4, 0.5) is 0 Å². The summed E-state index contributed by atoms with van der Waals surface area (Å²) in [5.74, 6) is 0.965. The quantitative estimate of drug-likeness (QED) is 0.859. The average molecular weight is 338 g/mol. The summed E-state index contributed by atoms with van der Waals surface area (Å²) < 4.78 is 5.35. The first-order valence-corrected chi connectivity index (χ1v) is 8.70. The van der Waals surface area contributed by atoms with Crippen molar-refractivity contribution in [2.24, 2.45) is 0 Å². The molecule has 1 fully saturated rings. The molecule has 1 atom stereocenters. The highest BCUT2D eigenvalue weighted by Gasteiger charge is 2.29. The molecule has 0 saturated carbocycles. The summed E-state index contributed by atoms with van der Waals surface area (Å²) in [4.78, 5) is 17.2. The number of piperazine rings is 1. The maximum Gasteiger partial charge on any atom is 0.253 e. The number of rotatable bonds is 3. The minimum Gasteiger partial charge on any atom is -0.497 e. The van der Waals surface area contributed by atoms with Gasteiger partial charge in [0.15, 0.2) is 0 Å². The molecule has 1 unspecified atom stereocenters. The van der Waals surface area contributed by atoms with Crippen molar-refractivity contribution in [1.29, 1.82) is 0 Å². The van der Waals surface area contributed by atoms with Gasteiger partial charge in [0.2, 0.25) is 0 Å². The highest BCUT2D eigenvalue weighted by molar-refractivity contribution is 5.94. The number of carbonyl (C=O) groups is 1. The summed E-state index contributed by atoms with van der Waals surface area (Å²) in [6.07, 6.45) is 0. The topological polar surface area (TPSA) is 32.8 Å². The van der Waals surface area contributed by atoms with Gasteiger partial charge in [0.25, 0.3) is 5.91 Å². The third kappa shape index (κ3) is 3.69. The summed E-state index contributed by atoms with van der Waals surface area (Å²) in [7, 11) is 3.79. The predicted octanol–water partition coefficient (Wildman–Crippen LogP) is 3.44. The van der Waals surface area contributed by atoms with E-state index in [1.54, 1.807) is 7.11 Å². The fourth-order valence-electron chi connectivity index (χ4n) is 3.32. The van der Waals surface area contributed by atoms with Crippen LogP contribution in [0.5, 0.6) is 5.75 Å². The van der Waals surface area contributed by atoms with Gasteiger partial charge in [-0.25, -0.2) is 0 Å². The molecule has 0 aliphatic carbocycles. The standard InChI is InChI=1S/C21H26N2O2/c1-15-8-9-18(12-16(15)2)21(24)23-11-10-22(3)20(14-23)17-6-5-7-19(13-17)25-4/h5-9,12-13,20H,10-11,14H2,1-4H3. The molecule has 25 heavy (non-hydrogen) atoms. The second-order valence-electron chi connectivity index (χ2n) is 6.82. The van der Waals surface area contributed by atoms with E-state index in [0.717, 1.165) is 30.0 Å². The number of nitrogens with zero attached hydrogens (tertiary/aromatic N) is 2. The van der Waals surface area contributed by atoms with Gasteiger partial charge in [0, 0.05) is 25.2 Å². The molecule has 4 nitrogen and oxygen atoms in total. The van der Waals surface area contributed by atoms with Crippen LogP contribution in [0.1, 0.15) is 33.1 Å². The minimum absolute atomic E-state index is 0.115. The molecule has 1 amide bonds. The van der Waals surface area contributed by atoms with E-state index in [2.05, 4.69) is 37.9 Å². The molecule has 2 aromatic rings. The van der Waals surface area contributed by atoms with Crippen LogP contribution in [0.3, 0.4) is 0 Å². The van der Waals surface area contributed by atoms with E-state index in [0.29, 0.717) is 6.54 Å². The van der Waals surface area contributed by atoms with E-state index >= 15 is 0 Å². The Bertz CT molecular complexity index is 772. The van der Waals surface area contributed by atoms with Crippen LogP contribution in [0.2, 0.25) is 0 Å². The number of aryl methyl sites for hydroxylation is 2. The molecular weight excluding hydrogens is 312 g/mol. The zero-order valence-electron chi connectivity index (χ0n) is 15.5. The van der Waals surface area contributed by atoms with Gasteiger partial charge < -0.3 is 9.64 Å². The van der Waals surface area contributed by atoms with E-state index in [4.69, 9.17) is 4.74 Å². The first-order chi connectivity index (χ1) is 12.0. The Labute approximate surface area is 150 Å². The molecule has 1 heterocycles. The van der Waals surface area contributed by atoms with Gasteiger partial charge >= 0.3 is 0 Å². The SMILES string of the molecule is COc1cccc(C2CN(C(=O)c3ccc(C)c(C)c3)CCN2C)c1. The lowest BCUT2D eigenvalue weighted by Crippen LogP contribution is -2.49. The molecule has 0 spiro atoms. The Kier molecular flexibility index (Phi) is 5.09. The molecule has 4 heteroatoms. The van der Waals surface area contributed by atoms with Gasteiger partial charge in [0.1, 0.15) is 5.75 Å². The van der Waals surface area contributed by atoms with Gasteiger partial charge in [-0.3, -0.25) is 9.69 Å². The van der Waals surface area contributed by atoms with Crippen molar-refractivity contribution in [3.8, 4) is 5.75 Å². The number of methoxy groups -OCH3 is 1. The van der Waals surface area contributed by atoms with Crippen molar-refractivity contribution in [2.45, 2.75) is 19.9 Å². The Morgan fingerprint density at radius 2 is 1.88 bits per heavy atom. The monoisotopic (exact) mass is 338 g/mol. The largest absolute Gasteiger partial charge is 0.497 e. The van der Waals surface area contributed by atoms with Crippen molar-refractivity contribution < 1.29 is 9.53 Å². The maximum atomic E-state index is 13.0. The summed E-state index contributed by atoms with van der Waals surface area (Å²) in [6, 6.07) is 14.3. The van der Waals surface area contributed by atoms with Crippen LogP contribution in [0.15, 0.2) is 42.5 Å². The number of amides is 1. The molecule has 1 aliphatic rings. The van der Waals surface area contributed by atoms with E-state index in [-0.39, 0.29) is 11.9 Å². The molecule has 0 N–H and O–H groups in total. The third-order valence-electron chi connectivity index (χ3n) is 5.17. The lowest BCUT2D eigenvalue weighted by atomic mass is 10.0. The minimum atomic E-state index is 0.115. The molecule has 2 aromatic carbocycles. The van der Waals surface area contributed by atoms with Crippen LogP contribution < -0.4 is 4.74 Å². The number of ether oxygens (including phenoxy) is 1. The molecule has 0 bridgehead atoms. The average Bonchev–Trinajstić information content (AvgIpc) is 2.64. The van der Waals surface area contributed by atoms with Crippen molar-refractivity contribution in [1.82, 2.24) is 9.80 Å². The van der Waals surface area contributed by atoms with Crippen LogP contribution in [-0.4, -0.2) is 49.5 Å².